The third-order valence-corrected chi connectivity index (χ3v) is 4.93. The lowest BCUT2D eigenvalue weighted by Crippen LogP contribution is -2.29. The lowest BCUT2D eigenvalue weighted by molar-refractivity contribution is 0.0943. The Bertz CT molecular complexity index is 669. The van der Waals surface area contributed by atoms with Gasteiger partial charge in [-0.05, 0) is 37.8 Å². The Balaban J connectivity index is 1.40. The highest BCUT2D eigenvalue weighted by molar-refractivity contribution is 7.13. The molecule has 1 aliphatic carbocycles. The Labute approximate surface area is 151 Å². The van der Waals surface area contributed by atoms with Gasteiger partial charge < -0.3 is 20.5 Å². The number of anilines is 1. The van der Waals surface area contributed by atoms with Crippen molar-refractivity contribution in [1.82, 2.24) is 10.3 Å². The van der Waals surface area contributed by atoms with Crippen LogP contribution in [-0.2, 0) is 0 Å². The average molecular weight is 361 g/mol. The van der Waals surface area contributed by atoms with E-state index in [2.05, 4.69) is 15.6 Å². The van der Waals surface area contributed by atoms with Crippen LogP contribution in [0.1, 0.15) is 36.2 Å². The minimum absolute atomic E-state index is 0.172. The Hall–Kier alpha value is -2.12. The molecule has 0 bridgehead atoms. The van der Waals surface area contributed by atoms with Gasteiger partial charge >= 0.3 is 0 Å². The highest BCUT2D eigenvalue weighted by atomic mass is 32.1. The molecule has 0 unspecified atom stereocenters. The molecule has 1 aromatic carbocycles. The van der Waals surface area contributed by atoms with E-state index in [1.807, 2.05) is 30.3 Å². The number of aliphatic hydroxyl groups is 1. The Kier molecular flexibility index (Phi) is 6.25. The molecule has 0 aliphatic heterocycles. The van der Waals surface area contributed by atoms with Crippen molar-refractivity contribution < 1.29 is 14.6 Å². The highest BCUT2D eigenvalue weighted by Crippen LogP contribution is 2.24. The molecule has 7 heteroatoms. The second kappa shape index (κ2) is 8.82. The largest absolute Gasteiger partial charge is 0.492 e. The maximum atomic E-state index is 12.1. The van der Waals surface area contributed by atoms with Crippen molar-refractivity contribution in [3.63, 3.8) is 0 Å². The van der Waals surface area contributed by atoms with Crippen LogP contribution in [0, 0.1) is 0 Å². The summed E-state index contributed by atoms with van der Waals surface area (Å²) in [5.74, 6) is 0.592. The zero-order valence-corrected chi connectivity index (χ0v) is 14.8. The molecular weight excluding hydrogens is 338 g/mol. The van der Waals surface area contributed by atoms with Gasteiger partial charge in [0.05, 0.1) is 12.6 Å². The fraction of sp³-hybridized carbons (Fsp3) is 0.444. The van der Waals surface area contributed by atoms with E-state index < -0.39 is 0 Å². The van der Waals surface area contributed by atoms with Gasteiger partial charge in [-0.25, -0.2) is 4.98 Å². The first kappa shape index (κ1) is 17.7. The van der Waals surface area contributed by atoms with Crippen LogP contribution in [0.15, 0.2) is 35.7 Å². The normalized spacial score (nSPS) is 20.0. The lowest BCUT2D eigenvalue weighted by Gasteiger charge is -2.25. The van der Waals surface area contributed by atoms with Crippen LogP contribution in [0.25, 0.3) is 0 Å². The number of aromatic nitrogens is 1. The second-order valence-corrected chi connectivity index (χ2v) is 6.96. The quantitative estimate of drug-likeness (QED) is 0.661. The molecule has 1 fully saturated rings. The maximum absolute atomic E-state index is 12.1. The number of hydrogen-bond acceptors (Lipinski definition) is 6. The van der Waals surface area contributed by atoms with E-state index in [1.54, 1.807) is 5.38 Å². The van der Waals surface area contributed by atoms with Crippen LogP contribution in [0.5, 0.6) is 5.75 Å². The van der Waals surface area contributed by atoms with E-state index in [0.717, 1.165) is 36.6 Å². The number of ether oxygens (including phenoxy) is 1. The topological polar surface area (TPSA) is 83.5 Å². The smallest absolute Gasteiger partial charge is 0.270 e. The summed E-state index contributed by atoms with van der Waals surface area (Å²) in [7, 11) is 0. The first-order valence-electron chi connectivity index (χ1n) is 8.57. The van der Waals surface area contributed by atoms with Crippen molar-refractivity contribution in [3.8, 4) is 5.75 Å². The summed E-state index contributed by atoms with van der Waals surface area (Å²) in [4.78, 5) is 16.5. The number of carbonyl (C=O) groups is 1. The number of benzene rings is 1. The summed E-state index contributed by atoms with van der Waals surface area (Å²) in [5, 5.41) is 18.2. The summed E-state index contributed by atoms with van der Waals surface area (Å²) in [6.45, 7) is 0.837. The third kappa shape index (κ3) is 5.44. The number of carbonyl (C=O) groups excluding carboxylic acids is 1. The monoisotopic (exact) mass is 361 g/mol. The predicted molar refractivity (Wildman–Crippen MR) is 98.3 cm³/mol. The van der Waals surface area contributed by atoms with Crippen molar-refractivity contribution in [2.75, 3.05) is 18.5 Å². The molecule has 1 aliphatic rings. The van der Waals surface area contributed by atoms with E-state index in [9.17, 15) is 9.90 Å². The number of amides is 1. The minimum Gasteiger partial charge on any atom is -0.492 e. The Morgan fingerprint density at radius 1 is 1.24 bits per heavy atom. The van der Waals surface area contributed by atoms with Crippen molar-refractivity contribution in [2.45, 2.75) is 37.8 Å². The molecule has 1 heterocycles. The van der Waals surface area contributed by atoms with Crippen molar-refractivity contribution >= 4 is 22.4 Å². The summed E-state index contributed by atoms with van der Waals surface area (Å²) in [6.07, 6.45) is 3.32. The van der Waals surface area contributed by atoms with Crippen LogP contribution in [0.2, 0.25) is 0 Å². The highest BCUT2D eigenvalue weighted by Gasteiger charge is 2.20. The second-order valence-electron chi connectivity index (χ2n) is 6.11. The number of thiazole rings is 1. The number of para-hydroxylation sites is 1. The molecule has 0 spiro atoms. The van der Waals surface area contributed by atoms with Crippen LogP contribution in [0.3, 0.4) is 0 Å². The summed E-state index contributed by atoms with van der Waals surface area (Å²) in [6, 6.07) is 9.83. The van der Waals surface area contributed by atoms with E-state index in [1.165, 1.54) is 11.3 Å². The number of nitrogens with zero attached hydrogens (tertiary/aromatic N) is 1. The molecule has 1 saturated carbocycles. The van der Waals surface area contributed by atoms with Crippen molar-refractivity contribution in [3.05, 3.63) is 41.4 Å². The Morgan fingerprint density at radius 3 is 2.76 bits per heavy atom. The molecule has 6 nitrogen and oxygen atoms in total. The first-order valence-corrected chi connectivity index (χ1v) is 9.45. The Morgan fingerprint density at radius 2 is 2.00 bits per heavy atom. The molecule has 0 atom stereocenters. The summed E-state index contributed by atoms with van der Waals surface area (Å²) < 4.78 is 5.54. The third-order valence-electron chi connectivity index (χ3n) is 4.16. The van der Waals surface area contributed by atoms with Crippen LogP contribution < -0.4 is 15.4 Å². The zero-order chi connectivity index (χ0) is 17.5. The predicted octanol–water partition coefficient (Wildman–Crippen LogP) is 2.67. The van der Waals surface area contributed by atoms with E-state index in [0.29, 0.717) is 24.9 Å². The SMILES string of the molecule is O=C(NCCOc1ccccc1)c1csc(NC2CCC(O)CC2)n1. The molecule has 1 amide bonds. The molecule has 0 radical (unpaired) electrons. The van der Waals surface area contributed by atoms with Gasteiger partial charge in [-0.1, -0.05) is 18.2 Å². The maximum Gasteiger partial charge on any atom is 0.270 e. The van der Waals surface area contributed by atoms with E-state index >= 15 is 0 Å². The molecule has 1 aromatic heterocycles. The standard InChI is InChI=1S/C18H23N3O3S/c22-14-8-6-13(7-9-14)20-18-21-16(12-25-18)17(23)19-10-11-24-15-4-2-1-3-5-15/h1-5,12-14,22H,6-11H2,(H,19,23)(H,20,21). The average Bonchev–Trinajstić information content (AvgIpc) is 3.10. The first-order chi connectivity index (χ1) is 12.2. The van der Waals surface area contributed by atoms with E-state index in [4.69, 9.17) is 4.74 Å². The molecule has 2 aromatic rings. The molecule has 3 N–H and O–H groups in total. The van der Waals surface area contributed by atoms with Gasteiger partial charge in [-0.2, -0.15) is 0 Å². The van der Waals surface area contributed by atoms with Gasteiger partial charge in [-0.15, -0.1) is 11.3 Å². The van der Waals surface area contributed by atoms with E-state index in [-0.39, 0.29) is 12.0 Å². The van der Waals surface area contributed by atoms with Crippen molar-refractivity contribution in [2.24, 2.45) is 0 Å². The fourth-order valence-corrected chi connectivity index (χ4v) is 3.55. The number of nitrogens with one attached hydrogen (secondary N) is 2. The fourth-order valence-electron chi connectivity index (χ4n) is 2.78. The van der Waals surface area contributed by atoms with Gasteiger partial charge in [0.15, 0.2) is 5.13 Å². The number of rotatable bonds is 7. The molecule has 25 heavy (non-hydrogen) atoms. The summed E-state index contributed by atoms with van der Waals surface area (Å²) >= 11 is 1.43. The van der Waals surface area contributed by atoms with Crippen LogP contribution >= 0.6 is 11.3 Å². The van der Waals surface area contributed by atoms with Gasteiger partial charge in [0.1, 0.15) is 18.1 Å². The zero-order valence-electron chi connectivity index (χ0n) is 14.0. The number of hydrogen-bond donors (Lipinski definition) is 3. The molecule has 3 rings (SSSR count). The van der Waals surface area contributed by atoms with Gasteiger partial charge in [-0.3, -0.25) is 4.79 Å². The minimum atomic E-state index is -0.194. The number of aliphatic hydroxyl groups excluding tert-OH is 1. The lowest BCUT2D eigenvalue weighted by atomic mass is 9.93. The van der Waals surface area contributed by atoms with Gasteiger partial charge in [0.25, 0.3) is 5.91 Å². The summed E-state index contributed by atoms with van der Waals surface area (Å²) in [5.41, 5.74) is 0.419. The van der Waals surface area contributed by atoms with Gasteiger partial charge in [0.2, 0.25) is 0 Å². The van der Waals surface area contributed by atoms with Gasteiger partial charge in [0, 0.05) is 11.4 Å². The molecular formula is C18H23N3O3S. The van der Waals surface area contributed by atoms with Crippen LogP contribution in [0.4, 0.5) is 5.13 Å². The molecule has 134 valence electrons. The van der Waals surface area contributed by atoms with Crippen LogP contribution in [-0.4, -0.2) is 41.3 Å². The molecule has 0 saturated heterocycles. The van der Waals surface area contributed by atoms with Crippen molar-refractivity contribution in [1.29, 1.82) is 0 Å².